The molecule has 0 saturated heterocycles. The molecule has 2 amide bonds. The van der Waals surface area contributed by atoms with Crippen molar-refractivity contribution in [1.82, 2.24) is 20.1 Å². The van der Waals surface area contributed by atoms with Crippen LogP contribution in [-0.4, -0.2) is 39.7 Å². The van der Waals surface area contributed by atoms with Gasteiger partial charge >= 0.3 is 0 Å². The van der Waals surface area contributed by atoms with Gasteiger partial charge in [-0.3, -0.25) is 14.2 Å². The SMILES string of the molecule is CC1(C)CN(c2nncn2[C@@H]2CCc3sc(NC(=O)C4CC4)c(C(=O)NCC4CC4)c3C2)Cc2ccccc21. The van der Waals surface area contributed by atoms with E-state index in [1.54, 1.807) is 11.3 Å². The first-order chi connectivity index (χ1) is 18.9. The summed E-state index contributed by atoms with van der Waals surface area (Å²) >= 11 is 1.59. The van der Waals surface area contributed by atoms with Crippen molar-refractivity contribution >= 4 is 34.1 Å². The molecule has 4 aliphatic rings. The van der Waals surface area contributed by atoms with E-state index in [0.29, 0.717) is 18.0 Å². The lowest BCUT2D eigenvalue weighted by Crippen LogP contribution is -2.43. The van der Waals surface area contributed by atoms with E-state index in [4.69, 9.17) is 0 Å². The van der Waals surface area contributed by atoms with Crippen molar-refractivity contribution in [3.8, 4) is 0 Å². The molecule has 3 aromatic rings. The lowest BCUT2D eigenvalue weighted by Gasteiger charge is -2.41. The van der Waals surface area contributed by atoms with E-state index in [-0.39, 0.29) is 29.2 Å². The number of carbonyl (C=O) groups is 2. The van der Waals surface area contributed by atoms with Gasteiger partial charge in [0.25, 0.3) is 5.91 Å². The van der Waals surface area contributed by atoms with Crippen molar-refractivity contribution in [3.05, 3.63) is 57.7 Å². The fraction of sp³-hybridized carbons (Fsp3) is 0.533. The fourth-order valence-corrected chi connectivity index (χ4v) is 7.59. The van der Waals surface area contributed by atoms with Crippen LogP contribution in [-0.2, 0) is 29.6 Å². The lowest BCUT2D eigenvalue weighted by atomic mass is 9.78. The van der Waals surface area contributed by atoms with Crippen LogP contribution in [0.25, 0.3) is 0 Å². The number of aryl methyl sites for hydroxylation is 1. The Kier molecular flexibility index (Phi) is 6.02. The van der Waals surface area contributed by atoms with Crippen LogP contribution in [0.5, 0.6) is 0 Å². The van der Waals surface area contributed by atoms with Crippen LogP contribution in [0.4, 0.5) is 10.9 Å². The maximum absolute atomic E-state index is 13.5. The van der Waals surface area contributed by atoms with E-state index in [2.05, 4.69) is 68.4 Å². The van der Waals surface area contributed by atoms with Crippen LogP contribution in [0, 0.1) is 11.8 Å². The highest BCUT2D eigenvalue weighted by Crippen LogP contribution is 2.43. The van der Waals surface area contributed by atoms with Crippen LogP contribution in [0.1, 0.15) is 83.9 Å². The van der Waals surface area contributed by atoms with Gasteiger partial charge in [-0.15, -0.1) is 21.5 Å². The van der Waals surface area contributed by atoms with Gasteiger partial charge in [-0.1, -0.05) is 38.1 Å². The molecule has 204 valence electrons. The molecule has 8 nitrogen and oxygen atoms in total. The summed E-state index contributed by atoms with van der Waals surface area (Å²) in [6, 6.07) is 8.84. The second kappa shape index (κ2) is 9.47. The number of benzene rings is 1. The number of hydrogen-bond acceptors (Lipinski definition) is 6. The van der Waals surface area contributed by atoms with Crippen LogP contribution in [0.3, 0.4) is 0 Å². The molecule has 9 heteroatoms. The average Bonchev–Trinajstić information content (AvgIpc) is 3.85. The van der Waals surface area contributed by atoms with Crippen molar-refractivity contribution in [3.63, 3.8) is 0 Å². The maximum Gasteiger partial charge on any atom is 0.254 e. The van der Waals surface area contributed by atoms with Gasteiger partial charge in [0.1, 0.15) is 11.3 Å². The molecule has 7 rings (SSSR count). The number of amides is 2. The topological polar surface area (TPSA) is 92.2 Å². The van der Waals surface area contributed by atoms with Gasteiger partial charge in [-0.2, -0.15) is 0 Å². The molecule has 0 unspecified atom stereocenters. The van der Waals surface area contributed by atoms with Gasteiger partial charge in [0.05, 0.1) is 5.56 Å². The highest BCUT2D eigenvalue weighted by molar-refractivity contribution is 7.17. The van der Waals surface area contributed by atoms with E-state index < -0.39 is 0 Å². The third-order valence-corrected chi connectivity index (χ3v) is 10.0. The second-order valence-corrected chi connectivity index (χ2v) is 13.6. The Morgan fingerprint density at radius 1 is 1.13 bits per heavy atom. The van der Waals surface area contributed by atoms with Crippen LogP contribution in [0.2, 0.25) is 0 Å². The highest BCUT2D eigenvalue weighted by atomic mass is 32.1. The number of nitrogens with one attached hydrogen (secondary N) is 2. The zero-order valence-corrected chi connectivity index (χ0v) is 23.5. The largest absolute Gasteiger partial charge is 0.352 e. The summed E-state index contributed by atoms with van der Waals surface area (Å²) in [5.41, 5.74) is 4.49. The predicted octanol–water partition coefficient (Wildman–Crippen LogP) is 4.86. The summed E-state index contributed by atoms with van der Waals surface area (Å²) < 4.78 is 2.22. The van der Waals surface area contributed by atoms with E-state index in [9.17, 15) is 9.59 Å². The number of hydrogen-bond donors (Lipinski definition) is 2. The van der Waals surface area contributed by atoms with Crippen LogP contribution in [0.15, 0.2) is 30.6 Å². The number of anilines is 2. The first kappa shape index (κ1) is 24.8. The molecule has 0 spiro atoms. The molecule has 3 heterocycles. The van der Waals surface area contributed by atoms with Crippen molar-refractivity contribution in [2.75, 3.05) is 23.3 Å². The summed E-state index contributed by atoms with van der Waals surface area (Å²) in [7, 11) is 0. The minimum absolute atomic E-state index is 0.000196. The molecule has 1 aliphatic heterocycles. The Balaban J connectivity index is 1.17. The lowest BCUT2D eigenvalue weighted by molar-refractivity contribution is -0.117. The minimum Gasteiger partial charge on any atom is -0.352 e. The Labute approximate surface area is 233 Å². The van der Waals surface area contributed by atoms with E-state index in [0.717, 1.165) is 61.7 Å². The molecule has 2 saturated carbocycles. The molecule has 1 aromatic carbocycles. The van der Waals surface area contributed by atoms with Gasteiger partial charge in [-0.05, 0) is 67.6 Å². The Morgan fingerprint density at radius 3 is 2.74 bits per heavy atom. The Hall–Kier alpha value is -3.20. The first-order valence-electron chi connectivity index (χ1n) is 14.3. The van der Waals surface area contributed by atoms with Gasteiger partial charge in [-0.25, -0.2) is 0 Å². The second-order valence-electron chi connectivity index (χ2n) is 12.5. The molecule has 2 fully saturated rings. The molecule has 0 bridgehead atoms. The smallest absolute Gasteiger partial charge is 0.254 e. The molecule has 3 aliphatic carbocycles. The molecule has 2 aromatic heterocycles. The number of nitrogens with zero attached hydrogens (tertiary/aromatic N) is 4. The Bertz CT molecular complexity index is 1430. The van der Waals surface area contributed by atoms with E-state index >= 15 is 0 Å². The molecule has 2 N–H and O–H groups in total. The Morgan fingerprint density at radius 2 is 1.95 bits per heavy atom. The van der Waals surface area contributed by atoms with Gasteiger partial charge in [0.15, 0.2) is 0 Å². The fourth-order valence-electron chi connectivity index (χ4n) is 6.34. The number of rotatable bonds is 7. The highest BCUT2D eigenvalue weighted by Gasteiger charge is 2.37. The first-order valence-corrected chi connectivity index (χ1v) is 15.2. The van der Waals surface area contributed by atoms with Gasteiger partial charge in [0, 0.05) is 41.9 Å². The quantitative estimate of drug-likeness (QED) is 0.443. The number of carbonyl (C=O) groups excluding carboxylic acids is 2. The average molecular weight is 545 g/mol. The summed E-state index contributed by atoms with van der Waals surface area (Å²) in [5.74, 6) is 1.58. The van der Waals surface area contributed by atoms with E-state index in [1.807, 2.05) is 6.33 Å². The van der Waals surface area contributed by atoms with Gasteiger partial charge < -0.3 is 15.5 Å². The molecule has 1 atom stereocenters. The minimum atomic E-state index is -0.0514. The number of thiophene rings is 1. The van der Waals surface area contributed by atoms with Crippen LogP contribution >= 0.6 is 11.3 Å². The van der Waals surface area contributed by atoms with Crippen molar-refractivity contribution in [2.24, 2.45) is 11.8 Å². The monoisotopic (exact) mass is 544 g/mol. The van der Waals surface area contributed by atoms with Gasteiger partial charge in [0.2, 0.25) is 11.9 Å². The summed E-state index contributed by atoms with van der Waals surface area (Å²) in [5, 5.41) is 16.0. The zero-order chi connectivity index (χ0) is 26.7. The summed E-state index contributed by atoms with van der Waals surface area (Å²) in [4.78, 5) is 29.8. The maximum atomic E-state index is 13.5. The molecule has 39 heavy (non-hydrogen) atoms. The molecular weight excluding hydrogens is 508 g/mol. The summed E-state index contributed by atoms with van der Waals surface area (Å²) in [6.45, 7) is 6.97. The van der Waals surface area contributed by atoms with E-state index in [1.165, 1.54) is 28.8 Å². The van der Waals surface area contributed by atoms with Crippen molar-refractivity contribution in [2.45, 2.75) is 76.8 Å². The van der Waals surface area contributed by atoms with Crippen molar-refractivity contribution in [1.29, 1.82) is 0 Å². The third kappa shape index (κ3) is 4.75. The zero-order valence-electron chi connectivity index (χ0n) is 22.7. The number of fused-ring (bicyclic) bond motifs is 2. The molecular formula is C30H36N6O2S. The number of aromatic nitrogens is 3. The summed E-state index contributed by atoms with van der Waals surface area (Å²) in [6.07, 6.45) is 8.66. The van der Waals surface area contributed by atoms with Crippen LogP contribution < -0.4 is 15.5 Å². The standard InChI is InChI=1S/C30H36N6O2S/c1-30(2)16-35(15-20-5-3-4-6-23(20)30)29-34-32-17-36(29)21-11-12-24-22(13-21)25(27(38)31-14-18-7-8-18)28(39-24)33-26(37)19-9-10-19/h3-6,17-19,21H,7-16H2,1-2H3,(H,31,38)(H,33,37)/t21-/m1/s1. The normalized spacial score (nSPS) is 21.7. The molecule has 0 radical (unpaired) electrons. The predicted molar refractivity (Wildman–Crippen MR) is 152 cm³/mol. The van der Waals surface area contributed by atoms with Crippen molar-refractivity contribution < 1.29 is 9.59 Å². The third-order valence-electron chi connectivity index (χ3n) is 8.82.